The van der Waals surface area contributed by atoms with Gasteiger partial charge in [0.15, 0.2) is 24.8 Å². The molecule has 4 heterocycles. The lowest BCUT2D eigenvalue weighted by Gasteiger charge is -1.98. The van der Waals surface area contributed by atoms with Crippen molar-refractivity contribution in [2.24, 2.45) is 0 Å². The van der Waals surface area contributed by atoms with E-state index in [1.165, 1.54) is 43.6 Å². The lowest BCUT2D eigenvalue weighted by Crippen LogP contribution is -2.35. The summed E-state index contributed by atoms with van der Waals surface area (Å²) in [5, 5.41) is 5.18. The predicted octanol–water partition coefficient (Wildman–Crippen LogP) is 5.01. The number of unbranched alkanes of at least 4 members (excludes halogenated alkanes) is 1. The molecule has 0 aliphatic rings. The number of aromatic amines is 2. The van der Waals surface area contributed by atoms with Crippen LogP contribution in [0.25, 0.3) is 43.6 Å². The molecular weight excluding hydrogens is 368 g/mol. The molecule has 6 rings (SSSR count). The molecule has 0 saturated heterocycles. The SMILES string of the molecule is c1ccc2c(c1)[nH]c1c[n+](CCCC[n+]3ccc4c(c3)[nH]c3ccccc34)ccc12. The van der Waals surface area contributed by atoms with E-state index in [1.807, 2.05) is 0 Å². The topological polar surface area (TPSA) is 39.3 Å². The van der Waals surface area contributed by atoms with Crippen LogP contribution in [-0.4, -0.2) is 9.97 Å². The van der Waals surface area contributed by atoms with Crippen LogP contribution in [0.4, 0.5) is 0 Å². The average molecular weight is 393 g/mol. The maximum atomic E-state index is 3.53. The van der Waals surface area contributed by atoms with Gasteiger partial charge in [0.25, 0.3) is 0 Å². The zero-order chi connectivity index (χ0) is 19.9. The second-order valence-electron chi connectivity index (χ2n) is 8.07. The molecule has 0 unspecified atom stereocenters. The summed E-state index contributed by atoms with van der Waals surface area (Å²) in [6.45, 7) is 2.06. The maximum Gasteiger partial charge on any atom is 0.193 e. The van der Waals surface area contributed by atoms with Gasteiger partial charge in [0.2, 0.25) is 0 Å². The highest BCUT2D eigenvalue weighted by molar-refractivity contribution is 6.07. The maximum absolute atomic E-state index is 3.53. The van der Waals surface area contributed by atoms with Gasteiger partial charge in [0, 0.05) is 57.6 Å². The van der Waals surface area contributed by atoms with E-state index in [9.17, 15) is 0 Å². The number of benzene rings is 2. The summed E-state index contributed by atoms with van der Waals surface area (Å²) in [5.74, 6) is 0. The third-order valence-corrected chi connectivity index (χ3v) is 6.09. The fraction of sp³-hybridized carbons (Fsp3) is 0.154. The number of pyridine rings is 2. The molecule has 0 aliphatic carbocycles. The molecule has 2 aromatic carbocycles. The predicted molar refractivity (Wildman–Crippen MR) is 121 cm³/mol. The summed E-state index contributed by atoms with van der Waals surface area (Å²) < 4.78 is 4.59. The summed E-state index contributed by atoms with van der Waals surface area (Å²) in [6, 6.07) is 21.5. The number of rotatable bonds is 5. The van der Waals surface area contributed by atoms with Gasteiger partial charge in [-0.3, -0.25) is 0 Å². The molecular formula is C26H24N4+2. The minimum absolute atomic E-state index is 1.03. The fourth-order valence-electron chi connectivity index (χ4n) is 4.56. The third-order valence-electron chi connectivity index (χ3n) is 6.09. The van der Waals surface area contributed by atoms with Gasteiger partial charge in [-0.2, -0.15) is 0 Å². The van der Waals surface area contributed by atoms with Gasteiger partial charge in [0.1, 0.15) is 24.1 Å². The highest BCUT2D eigenvalue weighted by Crippen LogP contribution is 2.24. The van der Waals surface area contributed by atoms with Crippen molar-refractivity contribution in [2.45, 2.75) is 25.9 Å². The lowest BCUT2D eigenvalue weighted by atomic mass is 10.2. The van der Waals surface area contributed by atoms with E-state index >= 15 is 0 Å². The lowest BCUT2D eigenvalue weighted by molar-refractivity contribution is -0.707. The number of hydrogen-bond donors (Lipinski definition) is 2. The van der Waals surface area contributed by atoms with Gasteiger partial charge >= 0.3 is 0 Å². The van der Waals surface area contributed by atoms with Crippen LogP contribution < -0.4 is 9.13 Å². The molecule has 6 aromatic rings. The van der Waals surface area contributed by atoms with Crippen molar-refractivity contribution in [2.75, 3.05) is 0 Å². The van der Waals surface area contributed by atoms with Crippen molar-refractivity contribution in [3.8, 4) is 0 Å². The average Bonchev–Trinajstić information content (AvgIpc) is 3.34. The number of fused-ring (bicyclic) bond motifs is 6. The van der Waals surface area contributed by atoms with Crippen molar-refractivity contribution in [1.29, 1.82) is 0 Å². The van der Waals surface area contributed by atoms with E-state index in [1.54, 1.807) is 0 Å². The molecule has 30 heavy (non-hydrogen) atoms. The molecule has 0 spiro atoms. The van der Waals surface area contributed by atoms with Crippen LogP contribution in [0.3, 0.4) is 0 Å². The Labute approximate surface area is 174 Å². The summed E-state index contributed by atoms with van der Waals surface area (Å²) >= 11 is 0. The summed E-state index contributed by atoms with van der Waals surface area (Å²) in [5.41, 5.74) is 4.82. The zero-order valence-electron chi connectivity index (χ0n) is 16.8. The van der Waals surface area contributed by atoms with Crippen molar-refractivity contribution >= 4 is 43.6 Å². The van der Waals surface area contributed by atoms with Crippen LogP contribution in [0.2, 0.25) is 0 Å². The normalized spacial score (nSPS) is 11.9. The van der Waals surface area contributed by atoms with E-state index < -0.39 is 0 Å². The quantitative estimate of drug-likeness (QED) is 0.306. The van der Waals surface area contributed by atoms with Crippen LogP contribution in [0, 0.1) is 0 Å². The Hall–Kier alpha value is -3.66. The van der Waals surface area contributed by atoms with E-state index in [2.05, 4.69) is 105 Å². The number of aryl methyl sites for hydroxylation is 2. The van der Waals surface area contributed by atoms with E-state index in [4.69, 9.17) is 0 Å². The van der Waals surface area contributed by atoms with Gasteiger partial charge in [-0.25, -0.2) is 9.13 Å². The standard InChI is InChI=1S/C26H22N4/c1-3-9-23-19(7-1)21-11-15-29(17-25(21)27-23)13-5-6-14-30-16-12-22-20-8-2-4-10-24(20)28-26(22)18-30/h1-4,7-12,15-18H,5-6,13-14H2/p+2. The number of hydrogen-bond acceptors (Lipinski definition) is 0. The van der Waals surface area contributed by atoms with Gasteiger partial charge in [0.05, 0.1) is 0 Å². The van der Waals surface area contributed by atoms with E-state index in [0.717, 1.165) is 25.9 Å². The highest BCUT2D eigenvalue weighted by Gasteiger charge is 2.11. The molecule has 0 aliphatic heterocycles. The Morgan fingerprint density at radius 3 is 1.43 bits per heavy atom. The molecule has 0 saturated carbocycles. The largest absolute Gasteiger partial charge is 0.350 e. The molecule has 0 atom stereocenters. The monoisotopic (exact) mass is 392 g/mol. The second-order valence-corrected chi connectivity index (χ2v) is 8.07. The van der Waals surface area contributed by atoms with Crippen LogP contribution in [0.1, 0.15) is 12.8 Å². The summed E-state index contributed by atoms with van der Waals surface area (Å²) in [6.07, 6.45) is 11.2. The molecule has 0 fully saturated rings. The molecule has 0 amide bonds. The molecule has 4 heteroatoms. The molecule has 4 nitrogen and oxygen atoms in total. The van der Waals surface area contributed by atoms with Crippen molar-refractivity contribution in [1.82, 2.24) is 9.97 Å². The highest BCUT2D eigenvalue weighted by atomic mass is 15.0. The van der Waals surface area contributed by atoms with Gasteiger partial charge in [-0.1, -0.05) is 36.4 Å². The number of para-hydroxylation sites is 2. The first-order valence-electron chi connectivity index (χ1n) is 10.6. The van der Waals surface area contributed by atoms with Crippen LogP contribution in [0.15, 0.2) is 85.5 Å². The zero-order valence-corrected chi connectivity index (χ0v) is 16.8. The molecule has 0 bridgehead atoms. The fourth-order valence-corrected chi connectivity index (χ4v) is 4.56. The molecule has 4 aromatic heterocycles. The van der Waals surface area contributed by atoms with Crippen LogP contribution in [-0.2, 0) is 13.1 Å². The Balaban J connectivity index is 1.14. The van der Waals surface area contributed by atoms with Gasteiger partial charge < -0.3 is 9.97 Å². The van der Waals surface area contributed by atoms with Crippen LogP contribution in [0.5, 0.6) is 0 Å². The Morgan fingerprint density at radius 2 is 0.933 bits per heavy atom. The van der Waals surface area contributed by atoms with Crippen molar-refractivity contribution < 1.29 is 9.13 Å². The number of H-pyrrole nitrogens is 2. The first-order chi connectivity index (χ1) is 14.8. The Kier molecular flexibility index (Phi) is 4.01. The van der Waals surface area contributed by atoms with E-state index in [0.29, 0.717) is 0 Å². The molecule has 146 valence electrons. The Bertz CT molecular complexity index is 1390. The smallest absolute Gasteiger partial charge is 0.193 e. The van der Waals surface area contributed by atoms with E-state index in [-0.39, 0.29) is 0 Å². The second kappa shape index (κ2) is 6.99. The van der Waals surface area contributed by atoms with Crippen LogP contribution >= 0.6 is 0 Å². The van der Waals surface area contributed by atoms with Gasteiger partial charge in [-0.05, 0) is 12.1 Å². The number of nitrogens with one attached hydrogen (secondary N) is 2. The summed E-state index contributed by atoms with van der Waals surface area (Å²) in [7, 11) is 0. The van der Waals surface area contributed by atoms with Gasteiger partial charge in [-0.15, -0.1) is 0 Å². The number of aromatic nitrogens is 4. The van der Waals surface area contributed by atoms with Crippen molar-refractivity contribution in [3.05, 3.63) is 85.5 Å². The minimum Gasteiger partial charge on any atom is -0.350 e. The minimum atomic E-state index is 1.03. The molecule has 2 N–H and O–H groups in total. The first-order valence-corrected chi connectivity index (χ1v) is 10.6. The summed E-state index contributed by atoms with van der Waals surface area (Å²) in [4.78, 5) is 7.07. The first kappa shape index (κ1) is 17.2. The number of nitrogens with zero attached hydrogens (tertiary/aromatic N) is 2. The Morgan fingerprint density at radius 1 is 0.500 bits per heavy atom. The third kappa shape index (κ3) is 2.92. The van der Waals surface area contributed by atoms with Crippen molar-refractivity contribution in [3.63, 3.8) is 0 Å². The molecule has 0 radical (unpaired) electrons.